The van der Waals surface area contributed by atoms with Crippen LogP contribution >= 0.6 is 0 Å². The van der Waals surface area contributed by atoms with Gasteiger partial charge in [0.2, 0.25) is 5.91 Å². The fourth-order valence-electron chi connectivity index (χ4n) is 5.57. The van der Waals surface area contributed by atoms with Crippen LogP contribution in [0.15, 0.2) is 48.5 Å². The van der Waals surface area contributed by atoms with Gasteiger partial charge >= 0.3 is 0 Å². The maximum Gasteiger partial charge on any atom is 0.254 e. The van der Waals surface area contributed by atoms with Crippen LogP contribution in [-0.4, -0.2) is 44.9 Å². The van der Waals surface area contributed by atoms with Gasteiger partial charge < -0.3 is 14.8 Å². The van der Waals surface area contributed by atoms with Crippen LogP contribution in [0.2, 0.25) is 0 Å². The summed E-state index contributed by atoms with van der Waals surface area (Å²) in [5.74, 6) is 0.724. The summed E-state index contributed by atoms with van der Waals surface area (Å²) in [5.41, 5.74) is 2.10. The Hall–Kier alpha value is -3.22. The van der Waals surface area contributed by atoms with Gasteiger partial charge in [0.1, 0.15) is 17.7 Å². The molecule has 2 aromatic carbocycles. The largest absolute Gasteiger partial charge is 0.354 e. The number of carbonyl (C=O) groups is 2. The zero-order valence-electron chi connectivity index (χ0n) is 18.8. The molecule has 1 aromatic heterocycles. The fraction of sp³-hybridized carbons (Fsp3) is 0.423. The van der Waals surface area contributed by atoms with Crippen LogP contribution in [0, 0.1) is 11.7 Å². The summed E-state index contributed by atoms with van der Waals surface area (Å²) in [6.45, 7) is 0.414. The summed E-state index contributed by atoms with van der Waals surface area (Å²) in [6, 6.07) is 13.5. The molecule has 3 unspecified atom stereocenters. The number of likely N-dealkylation sites (tertiary alicyclic amines) is 1. The molecule has 2 heterocycles. The van der Waals surface area contributed by atoms with E-state index in [2.05, 4.69) is 10.3 Å². The van der Waals surface area contributed by atoms with Crippen LogP contribution in [0.1, 0.15) is 48.3 Å². The number of aryl methyl sites for hydroxylation is 1. The summed E-state index contributed by atoms with van der Waals surface area (Å²) >= 11 is 0. The highest BCUT2D eigenvalue weighted by atomic mass is 19.1. The molecule has 6 nitrogen and oxygen atoms in total. The summed E-state index contributed by atoms with van der Waals surface area (Å²) in [6.07, 6.45) is 5.55. The molecular formula is C26H29FN4O2. The normalized spacial score (nSPS) is 22.4. The molecule has 0 radical (unpaired) electrons. The second-order valence-electron chi connectivity index (χ2n) is 9.20. The molecule has 0 bridgehead atoms. The second-order valence-corrected chi connectivity index (χ2v) is 9.20. The molecule has 2 fully saturated rings. The van der Waals surface area contributed by atoms with Crippen LogP contribution < -0.4 is 5.32 Å². The molecule has 3 aromatic rings. The van der Waals surface area contributed by atoms with Crippen molar-refractivity contribution in [3.8, 4) is 0 Å². The van der Waals surface area contributed by atoms with E-state index in [9.17, 15) is 14.0 Å². The topological polar surface area (TPSA) is 67.2 Å². The first kappa shape index (κ1) is 21.6. The quantitative estimate of drug-likeness (QED) is 0.645. The monoisotopic (exact) mass is 448 g/mol. The number of halogens is 1. The van der Waals surface area contributed by atoms with Crippen LogP contribution in [0.25, 0.3) is 11.0 Å². The van der Waals surface area contributed by atoms with E-state index in [1.54, 1.807) is 6.07 Å². The van der Waals surface area contributed by atoms with Crippen molar-refractivity contribution in [2.45, 2.75) is 50.6 Å². The van der Waals surface area contributed by atoms with Crippen molar-refractivity contribution in [3.05, 3.63) is 65.7 Å². The number of imidazole rings is 1. The SMILES string of the molecule is Cn1c(CCNC(=O)C2CC3CCCCC3N2C(=O)c2ccccc2)nc2ccc(F)cc21. The van der Waals surface area contributed by atoms with Crippen LogP contribution in [0.4, 0.5) is 4.39 Å². The van der Waals surface area contributed by atoms with Gasteiger partial charge in [0.25, 0.3) is 5.91 Å². The van der Waals surface area contributed by atoms with Gasteiger partial charge in [-0.05, 0) is 55.5 Å². The van der Waals surface area contributed by atoms with Crippen LogP contribution in [0.3, 0.4) is 0 Å². The molecule has 172 valence electrons. The highest BCUT2D eigenvalue weighted by molar-refractivity contribution is 5.98. The first-order valence-electron chi connectivity index (χ1n) is 11.8. The van der Waals surface area contributed by atoms with Gasteiger partial charge in [-0.25, -0.2) is 9.37 Å². The van der Waals surface area contributed by atoms with Gasteiger partial charge in [-0.1, -0.05) is 31.0 Å². The van der Waals surface area contributed by atoms with E-state index in [1.807, 2.05) is 46.8 Å². The molecule has 2 aliphatic rings. The number of rotatable bonds is 5. The Labute approximate surface area is 192 Å². The molecule has 1 saturated carbocycles. The maximum atomic E-state index is 13.6. The molecule has 1 saturated heterocycles. The van der Waals surface area contributed by atoms with E-state index in [1.165, 1.54) is 12.1 Å². The van der Waals surface area contributed by atoms with Gasteiger partial charge in [-0.3, -0.25) is 9.59 Å². The molecule has 1 aliphatic carbocycles. The lowest BCUT2D eigenvalue weighted by molar-refractivity contribution is -0.125. The first-order valence-corrected chi connectivity index (χ1v) is 11.8. The van der Waals surface area contributed by atoms with E-state index >= 15 is 0 Å². The average molecular weight is 449 g/mol. The fourth-order valence-corrected chi connectivity index (χ4v) is 5.57. The highest BCUT2D eigenvalue weighted by Crippen LogP contribution is 2.40. The number of carbonyl (C=O) groups excluding carboxylic acids is 2. The lowest BCUT2D eigenvalue weighted by atomic mass is 9.84. The van der Waals surface area contributed by atoms with Crippen molar-refractivity contribution < 1.29 is 14.0 Å². The summed E-state index contributed by atoms with van der Waals surface area (Å²) < 4.78 is 15.4. The number of amides is 2. The summed E-state index contributed by atoms with van der Waals surface area (Å²) in [4.78, 5) is 33.1. The predicted octanol–water partition coefficient (Wildman–Crippen LogP) is 3.84. The standard InChI is InChI=1S/C26H29FN4O2/c1-30-22-16-19(27)11-12-20(22)29-24(30)13-14-28-25(32)23-15-18-9-5-6-10-21(18)31(23)26(33)17-7-3-2-4-8-17/h2-4,7-8,11-12,16,18,21,23H,5-6,9-10,13-15H2,1H3,(H,28,32). The van der Waals surface area contributed by atoms with Crippen LogP contribution in [0.5, 0.6) is 0 Å². The van der Waals surface area contributed by atoms with Gasteiger partial charge in [0, 0.05) is 31.6 Å². The van der Waals surface area contributed by atoms with E-state index < -0.39 is 6.04 Å². The van der Waals surface area contributed by atoms with Crippen molar-refractivity contribution in [1.82, 2.24) is 19.8 Å². The molecular weight excluding hydrogens is 419 g/mol. The first-order chi connectivity index (χ1) is 16.0. The smallest absolute Gasteiger partial charge is 0.254 e. The number of aromatic nitrogens is 2. The zero-order chi connectivity index (χ0) is 22.9. The average Bonchev–Trinajstić information content (AvgIpc) is 3.37. The summed E-state index contributed by atoms with van der Waals surface area (Å²) in [5, 5.41) is 3.04. The molecule has 33 heavy (non-hydrogen) atoms. The number of hydrogen-bond donors (Lipinski definition) is 1. The minimum atomic E-state index is -0.444. The third-order valence-corrected chi connectivity index (χ3v) is 7.23. The minimum absolute atomic E-state index is 0.0532. The van der Waals surface area contributed by atoms with Crippen molar-refractivity contribution in [2.24, 2.45) is 13.0 Å². The molecule has 2 amide bonds. The highest BCUT2D eigenvalue weighted by Gasteiger charge is 2.47. The molecule has 7 heteroatoms. The van der Waals surface area contributed by atoms with E-state index in [-0.39, 0.29) is 23.7 Å². The Bertz CT molecular complexity index is 1180. The Kier molecular flexibility index (Phi) is 5.87. The Balaban J connectivity index is 1.29. The number of hydrogen-bond acceptors (Lipinski definition) is 3. The molecule has 5 rings (SSSR count). The lowest BCUT2D eigenvalue weighted by Gasteiger charge is -2.33. The Morgan fingerprint density at radius 1 is 1.12 bits per heavy atom. The van der Waals surface area contributed by atoms with Crippen molar-refractivity contribution in [1.29, 1.82) is 0 Å². The van der Waals surface area contributed by atoms with Gasteiger partial charge in [-0.15, -0.1) is 0 Å². The minimum Gasteiger partial charge on any atom is -0.354 e. The summed E-state index contributed by atoms with van der Waals surface area (Å²) in [7, 11) is 1.86. The molecule has 1 aliphatic heterocycles. The van der Waals surface area contributed by atoms with Crippen molar-refractivity contribution in [2.75, 3.05) is 6.54 Å². The van der Waals surface area contributed by atoms with E-state index in [4.69, 9.17) is 0 Å². The number of benzene rings is 2. The van der Waals surface area contributed by atoms with E-state index in [0.29, 0.717) is 24.4 Å². The molecule has 0 spiro atoms. The molecule has 1 N–H and O–H groups in total. The Morgan fingerprint density at radius 2 is 1.91 bits per heavy atom. The van der Waals surface area contributed by atoms with Gasteiger partial charge in [-0.2, -0.15) is 0 Å². The van der Waals surface area contributed by atoms with Crippen molar-refractivity contribution in [3.63, 3.8) is 0 Å². The number of nitrogens with one attached hydrogen (secondary N) is 1. The van der Waals surface area contributed by atoms with Gasteiger partial charge in [0.15, 0.2) is 0 Å². The lowest BCUT2D eigenvalue weighted by Crippen LogP contribution is -2.49. The predicted molar refractivity (Wildman–Crippen MR) is 124 cm³/mol. The third kappa shape index (κ3) is 4.12. The Morgan fingerprint density at radius 3 is 2.73 bits per heavy atom. The van der Waals surface area contributed by atoms with E-state index in [0.717, 1.165) is 49.0 Å². The number of fused-ring (bicyclic) bond motifs is 2. The maximum absolute atomic E-state index is 13.6. The van der Waals surface area contributed by atoms with Gasteiger partial charge in [0.05, 0.1) is 11.0 Å². The molecule has 3 atom stereocenters. The zero-order valence-corrected chi connectivity index (χ0v) is 18.8. The third-order valence-electron chi connectivity index (χ3n) is 7.23. The van der Waals surface area contributed by atoms with Crippen molar-refractivity contribution >= 4 is 22.8 Å². The second kappa shape index (κ2) is 8.96. The number of nitrogens with zero attached hydrogens (tertiary/aromatic N) is 3. The van der Waals surface area contributed by atoms with Crippen LogP contribution in [-0.2, 0) is 18.3 Å².